The Balaban J connectivity index is 2.07. The molecule has 0 saturated heterocycles. The van der Waals surface area contributed by atoms with Crippen LogP contribution in [0.25, 0.3) is 27.5 Å². The predicted octanol–water partition coefficient (Wildman–Crippen LogP) is 6.22. The Morgan fingerprint density at radius 2 is 1.29 bits per heavy atom. The summed E-state index contributed by atoms with van der Waals surface area (Å²) in [6.07, 6.45) is 0. The van der Waals surface area contributed by atoms with E-state index in [1.807, 2.05) is 12.1 Å². The lowest BCUT2D eigenvalue weighted by Gasteiger charge is -2.07. The van der Waals surface area contributed by atoms with Crippen LogP contribution in [0.1, 0.15) is 0 Å². The number of benzene rings is 3. The number of hydrogen-bond acceptors (Lipinski definition) is 2. The smallest absolute Gasteiger partial charge is 0.269 e. The minimum absolute atomic E-state index is 0.0880. The third kappa shape index (κ3) is 2.42. The molecule has 24 heavy (non-hydrogen) atoms. The second-order valence-electron chi connectivity index (χ2n) is 5.43. The summed E-state index contributed by atoms with van der Waals surface area (Å²) in [5.74, 6) is 0. The molecule has 0 aliphatic heterocycles. The summed E-state index contributed by atoms with van der Waals surface area (Å²) in [6.45, 7) is 0. The molecule has 118 valence electrons. The summed E-state index contributed by atoms with van der Waals surface area (Å²) < 4.78 is 4.14. The van der Waals surface area contributed by atoms with Gasteiger partial charge in [0.2, 0.25) is 0 Å². The van der Waals surface area contributed by atoms with Gasteiger partial charge >= 0.3 is 0 Å². The summed E-state index contributed by atoms with van der Waals surface area (Å²) in [7, 11) is 0. The quantitative estimate of drug-likeness (QED) is 0.271. The van der Waals surface area contributed by atoms with Crippen molar-refractivity contribution in [3.8, 4) is 5.69 Å². The van der Waals surface area contributed by atoms with E-state index in [9.17, 15) is 10.1 Å². The first-order valence-corrected chi connectivity index (χ1v) is 8.77. The number of rotatable bonds is 2. The van der Waals surface area contributed by atoms with Crippen molar-refractivity contribution in [3.05, 3.63) is 79.7 Å². The van der Waals surface area contributed by atoms with E-state index in [4.69, 9.17) is 0 Å². The Morgan fingerprint density at radius 3 is 1.75 bits per heavy atom. The van der Waals surface area contributed by atoms with Crippen molar-refractivity contribution in [1.82, 2.24) is 4.57 Å². The first-order valence-electron chi connectivity index (χ1n) is 7.18. The monoisotopic (exact) mass is 444 g/mol. The van der Waals surface area contributed by atoms with Gasteiger partial charge in [-0.15, -0.1) is 0 Å². The lowest BCUT2D eigenvalue weighted by molar-refractivity contribution is -0.384. The van der Waals surface area contributed by atoms with Crippen molar-refractivity contribution < 1.29 is 4.92 Å². The molecule has 1 aromatic heterocycles. The van der Waals surface area contributed by atoms with E-state index in [2.05, 4.69) is 60.7 Å². The van der Waals surface area contributed by atoms with Gasteiger partial charge in [-0.05, 0) is 48.5 Å². The Hall–Kier alpha value is -2.18. The normalized spacial score (nSPS) is 11.2. The molecular formula is C18H10Br2N2O2. The van der Waals surface area contributed by atoms with Gasteiger partial charge in [0.05, 0.1) is 16.0 Å². The average molecular weight is 446 g/mol. The first-order chi connectivity index (χ1) is 11.5. The minimum Gasteiger partial charge on any atom is -0.309 e. The van der Waals surface area contributed by atoms with Gasteiger partial charge in [-0.25, -0.2) is 0 Å². The van der Waals surface area contributed by atoms with Crippen LogP contribution in [0.3, 0.4) is 0 Å². The first kappa shape index (κ1) is 15.4. The van der Waals surface area contributed by atoms with Crippen molar-refractivity contribution in [2.45, 2.75) is 0 Å². The fourth-order valence-electron chi connectivity index (χ4n) is 2.97. The molecule has 0 bridgehead atoms. The van der Waals surface area contributed by atoms with Crippen molar-refractivity contribution in [3.63, 3.8) is 0 Å². The van der Waals surface area contributed by atoms with E-state index in [1.165, 1.54) is 12.1 Å². The van der Waals surface area contributed by atoms with Gasteiger partial charge in [-0.3, -0.25) is 10.1 Å². The Kier molecular flexibility index (Phi) is 3.66. The van der Waals surface area contributed by atoms with Crippen LogP contribution in [0.4, 0.5) is 5.69 Å². The largest absolute Gasteiger partial charge is 0.309 e. The molecule has 0 saturated carbocycles. The zero-order valence-corrected chi connectivity index (χ0v) is 15.4. The van der Waals surface area contributed by atoms with Crippen LogP contribution in [0, 0.1) is 10.1 Å². The van der Waals surface area contributed by atoms with Gasteiger partial charge in [-0.1, -0.05) is 31.9 Å². The fourth-order valence-corrected chi connectivity index (χ4v) is 3.69. The zero-order valence-electron chi connectivity index (χ0n) is 12.2. The third-order valence-electron chi connectivity index (χ3n) is 4.01. The van der Waals surface area contributed by atoms with Gasteiger partial charge in [0.15, 0.2) is 0 Å². The van der Waals surface area contributed by atoms with E-state index in [1.54, 1.807) is 12.1 Å². The molecule has 4 rings (SSSR count). The lowest BCUT2D eigenvalue weighted by Crippen LogP contribution is -1.94. The summed E-state index contributed by atoms with van der Waals surface area (Å²) in [4.78, 5) is 10.5. The molecule has 0 spiro atoms. The van der Waals surface area contributed by atoms with E-state index in [0.717, 1.165) is 36.4 Å². The fraction of sp³-hybridized carbons (Fsp3) is 0. The van der Waals surface area contributed by atoms with Crippen LogP contribution >= 0.6 is 31.9 Å². The Bertz CT molecular complexity index is 1040. The predicted molar refractivity (Wildman–Crippen MR) is 103 cm³/mol. The molecule has 0 radical (unpaired) electrons. The number of nitro benzene ring substituents is 1. The number of hydrogen-bond donors (Lipinski definition) is 0. The zero-order chi connectivity index (χ0) is 16.8. The Morgan fingerprint density at radius 1 is 0.792 bits per heavy atom. The summed E-state index contributed by atoms with van der Waals surface area (Å²) in [5, 5.41) is 13.1. The molecule has 1 heterocycles. The number of aromatic nitrogens is 1. The van der Waals surface area contributed by atoms with Gasteiger partial charge in [0.25, 0.3) is 5.69 Å². The van der Waals surface area contributed by atoms with Gasteiger partial charge < -0.3 is 4.57 Å². The van der Waals surface area contributed by atoms with Crippen molar-refractivity contribution in [1.29, 1.82) is 0 Å². The molecule has 0 fully saturated rings. The van der Waals surface area contributed by atoms with Crippen LogP contribution in [-0.4, -0.2) is 9.49 Å². The van der Waals surface area contributed by atoms with E-state index < -0.39 is 0 Å². The number of nitrogens with zero attached hydrogens (tertiary/aromatic N) is 2. The van der Waals surface area contributed by atoms with Crippen LogP contribution in [0.2, 0.25) is 0 Å². The maximum atomic E-state index is 10.9. The second kappa shape index (κ2) is 5.72. The lowest BCUT2D eigenvalue weighted by atomic mass is 10.2. The van der Waals surface area contributed by atoms with E-state index in [0.29, 0.717) is 0 Å². The summed E-state index contributed by atoms with van der Waals surface area (Å²) >= 11 is 7.06. The maximum Gasteiger partial charge on any atom is 0.269 e. The summed E-state index contributed by atoms with van der Waals surface area (Å²) in [5.41, 5.74) is 3.09. The molecule has 3 aromatic carbocycles. The van der Waals surface area contributed by atoms with E-state index in [-0.39, 0.29) is 10.6 Å². The molecule has 0 N–H and O–H groups in total. The number of non-ortho nitro benzene ring substituents is 1. The van der Waals surface area contributed by atoms with Crippen molar-refractivity contribution in [2.75, 3.05) is 0 Å². The highest BCUT2D eigenvalue weighted by molar-refractivity contribution is 9.10. The Labute approximate surface area is 154 Å². The minimum atomic E-state index is -0.385. The molecule has 0 unspecified atom stereocenters. The van der Waals surface area contributed by atoms with Crippen molar-refractivity contribution in [2.24, 2.45) is 0 Å². The number of fused-ring (bicyclic) bond motifs is 3. The van der Waals surface area contributed by atoms with Gasteiger partial charge in [0, 0.05) is 37.5 Å². The van der Waals surface area contributed by atoms with Gasteiger partial charge in [-0.2, -0.15) is 0 Å². The van der Waals surface area contributed by atoms with Crippen LogP contribution in [0.15, 0.2) is 69.6 Å². The molecule has 0 aliphatic carbocycles. The second-order valence-corrected chi connectivity index (χ2v) is 7.26. The highest BCUT2D eigenvalue weighted by Crippen LogP contribution is 2.35. The van der Waals surface area contributed by atoms with Crippen LogP contribution in [0.5, 0.6) is 0 Å². The summed E-state index contributed by atoms with van der Waals surface area (Å²) in [6, 6.07) is 18.9. The highest BCUT2D eigenvalue weighted by Gasteiger charge is 2.14. The molecule has 4 nitrogen and oxygen atoms in total. The maximum absolute atomic E-state index is 10.9. The van der Waals surface area contributed by atoms with Crippen LogP contribution in [-0.2, 0) is 0 Å². The standard InChI is InChI=1S/C18H10Br2N2O2/c19-11-1-7-17-15(9-11)16-10-12(20)2-8-18(16)21(17)13-3-5-14(6-4-13)22(23)24/h1-10H. The molecule has 6 heteroatoms. The SMILES string of the molecule is O=[N+]([O-])c1ccc(-n2c3ccc(Br)cc3c3cc(Br)ccc32)cc1. The van der Waals surface area contributed by atoms with E-state index >= 15 is 0 Å². The topological polar surface area (TPSA) is 48.1 Å². The van der Waals surface area contributed by atoms with Gasteiger partial charge in [0.1, 0.15) is 0 Å². The number of halogens is 2. The molecule has 0 aliphatic rings. The number of nitro groups is 1. The third-order valence-corrected chi connectivity index (χ3v) is 4.99. The molecule has 0 amide bonds. The van der Waals surface area contributed by atoms with Crippen molar-refractivity contribution >= 4 is 59.4 Å². The molecule has 0 atom stereocenters. The molecular weight excluding hydrogens is 436 g/mol. The average Bonchev–Trinajstić information content (AvgIpc) is 2.88. The van der Waals surface area contributed by atoms with Crippen LogP contribution < -0.4 is 0 Å². The highest BCUT2D eigenvalue weighted by atomic mass is 79.9. The molecule has 4 aromatic rings.